The molecule has 3 unspecified atom stereocenters. The van der Waals surface area contributed by atoms with Crippen molar-refractivity contribution in [3.05, 3.63) is 57.7 Å². The Hall–Kier alpha value is -4.42. The zero-order valence-corrected chi connectivity index (χ0v) is 46.6. The Balaban J connectivity index is 1.13. The molecule has 8 heterocycles. The number of fused-ring (bicyclic) bond motifs is 4. The Kier molecular flexibility index (Phi) is 16.7. The molecule has 5 aliphatic heterocycles. The molecule has 4 aromatic rings. The maximum Gasteiger partial charge on any atom is 0.262 e. The van der Waals surface area contributed by atoms with Gasteiger partial charge in [-0.3, -0.25) is 24.5 Å². The van der Waals surface area contributed by atoms with E-state index in [0.717, 1.165) is 96.4 Å². The van der Waals surface area contributed by atoms with Crippen LogP contribution in [-0.4, -0.2) is 157 Å². The molecule has 2 aliphatic carbocycles. The quantitative estimate of drug-likeness (QED) is 0.126. The van der Waals surface area contributed by atoms with Crippen LogP contribution in [0.2, 0.25) is 0 Å². The summed E-state index contributed by atoms with van der Waals surface area (Å²) >= 11 is 1.23. The molecule has 1 aromatic carbocycles. The van der Waals surface area contributed by atoms with Crippen molar-refractivity contribution in [2.45, 2.75) is 142 Å². The highest BCUT2D eigenvalue weighted by Crippen LogP contribution is 2.47. The average Bonchev–Trinajstić information content (AvgIpc) is 3.69. The van der Waals surface area contributed by atoms with E-state index in [1.807, 2.05) is 38.4 Å². The predicted octanol–water partition coefficient (Wildman–Crippen LogP) is 7.91. The average molecular weight is 1070 g/mol. The fourth-order valence-corrected chi connectivity index (χ4v) is 13.1. The number of hydrazine groups is 1. The second-order valence-electron chi connectivity index (χ2n) is 23.3. The van der Waals surface area contributed by atoms with Gasteiger partial charge in [0, 0.05) is 104 Å². The van der Waals surface area contributed by atoms with Gasteiger partial charge >= 0.3 is 0 Å². The first kappa shape index (κ1) is 54.9. The zero-order chi connectivity index (χ0) is 53.6. The molecule has 18 heteroatoms. The predicted molar refractivity (Wildman–Crippen MR) is 289 cm³/mol. The molecule has 4 saturated heterocycles. The van der Waals surface area contributed by atoms with E-state index in [-0.39, 0.29) is 66.0 Å². The number of amides is 2. The number of carbonyl (C=O) groups is 2. The number of piperazine rings is 1. The summed E-state index contributed by atoms with van der Waals surface area (Å²) in [6.45, 7) is 20.5. The molecule has 2 saturated carbocycles. The number of ether oxygens (including phenoxy) is 5. The number of alkyl halides is 2. The number of rotatable bonds is 13. The van der Waals surface area contributed by atoms with Crippen molar-refractivity contribution in [1.82, 2.24) is 40.1 Å². The first-order valence-corrected chi connectivity index (χ1v) is 28.5. The molecular weight excluding hydrogens is 991 g/mol. The minimum Gasteiger partial charge on any atom is -0.381 e. The minimum absolute atomic E-state index is 0.0604. The van der Waals surface area contributed by atoms with Crippen LogP contribution < -0.4 is 10.7 Å². The van der Waals surface area contributed by atoms with Gasteiger partial charge in [0.2, 0.25) is 5.91 Å². The van der Waals surface area contributed by atoms with Crippen molar-refractivity contribution in [2.75, 3.05) is 73.4 Å². The lowest BCUT2D eigenvalue weighted by atomic mass is 9.71. The molecule has 8 bridgehead atoms. The number of aromatic nitrogens is 3. The molecule has 0 radical (unpaired) electrons. The second-order valence-corrected chi connectivity index (χ2v) is 24.2. The highest BCUT2D eigenvalue weighted by molar-refractivity contribution is 7.10. The van der Waals surface area contributed by atoms with Crippen molar-refractivity contribution in [3.63, 3.8) is 0 Å². The third-order valence-corrected chi connectivity index (χ3v) is 18.2. The SMILES string of the molecule is CO[C@@H](C)c1ncc(C#C[C@@H](C)N2CCN(C)CC2)cc1-c1c2c3cc(ccc3n1CCOC1CCOCC1)-c1csc(n1)C(OCC(F)F)[C@H](NC(=O)C1[C@@H](C)[C@H]1C)C(=O)N1N[C@@H](C3CC1C3)C(C)OCC(C)(C)C2. The van der Waals surface area contributed by atoms with Crippen LogP contribution >= 0.6 is 11.3 Å². The van der Waals surface area contributed by atoms with Crippen molar-refractivity contribution in [2.24, 2.45) is 29.1 Å². The molecule has 3 aromatic heterocycles. The highest BCUT2D eigenvalue weighted by Gasteiger charge is 2.53. The van der Waals surface area contributed by atoms with Crippen LogP contribution in [0.4, 0.5) is 8.78 Å². The summed E-state index contributed by atoms with van der Waals surface area (Å²) in [4.78, 5) is 44.2. The summed E-state index contributed by atoms with van der Waals surface area (Å²) in [6, 6.07) is 6.89. The molecule has 76 heavy (non-hydrogen) atoms. The zero-order valence-electron chi connectivity index (χ0n) is 45.8. The lowest BCUT2D eigenvalue weighted by Crippen LogP contribution is -2.72. The van der Waals surface area contributed by atoms with Crippen molar-refractivity contribution >= 4 is 34.1 Å². The molecular formula is C58H78F2N8O7S. The fourth-order valence-electron chi connectivity index (χ4n) is 12.2. The van der Waals surface area contributed by atoms with E-state index >= 15 is 4.79 Å². The number of nitrogens with one attached hydrogen (secondary N) is 2. The second kappa shape index (κ2) is 23.1. The number of halogens is 2. The number of thiazole rings is 1. The molecule has 6 fully saturated rings. The number of pyridine rings is 1. The molecule has 15 nitrogen and oxygen atoms in total. The molecule has 2 N–H and O–H groups in total. The number of hydrogen-bond donors (Lipinski definition) is 2. The van der Waals surface area contributed by atoms with Crippen LogP contribution in [0.25, 0.3) is 33.4 Å². The van der Waals surface area contributed by atoms with E-state index in [1.165, 1.54) is 11.3 Å². The Labute approximate surface area is 451 Å². The summed E-state index contributed by atoms with van der Waals surface area (Å²) in [7, 11) is 3.87. The Bertz CT molecular complexity index is 2770. The van der Waals surface area contributed by atoms with Gasteiger partial charge in [0.25, 0.3) is 12.3 Å². The van der Waals surface area contributed by atoms with Gasteiger partial charge in [0.15, 0.2) is 0 Å². The first-order chi connectivity index (χ1) is 36.5. The topological polar surface area (TPSA) is 145 Å². The van der Waals surface area contributed by atoms with E-state index in [9.17, 15) is 13.6 Å². The van der Waals surface area contributed by atoms with E-state index < -0.39 is 36.5 Å². The summed E-state index contributed by atoms with van der Waals surface area (Å²) < 4.78 is 62.2. The summed E-state index contributed by atoms with van der Waals surface area (Å²) in [6.07, 6.45) is 0.959. The maximum absolute atomic E-state index is 15.1. The largest absolute Gasteiger partial charge is 0.381 e. The number of nitrogens with zero attached hydrogens (tertiary/aromatic N) is 6. The van der Waals surface area contributed by atoms with Gasteiger partial charge in [0.05, 0.1) is 60.7 Å². The van der Waals surface area contributed by atoms with E-state index in [4.69, 9.17) is 33.7 Å². The molecule has 2 amide bonds. The Morgan fingerprint density at radius 3 is 2.51 bits per heavy atom. The number of benzene rings is 1. The third kappa shape index (κ3) is 11.7. The molecule has 0 spiro atoms. The van der Waals surface area contributed by atoms with Gasteiger partial charge < -0.3 is 38.5 Å². The van der Waals surface area contributed by atoms with Crippen molar-refractivity contribution in [3.8, 4) is 34.4 Å². The summed E-state index contributed by atoms with van der Waals surface area (Å²) in [5, 5.41) is 7.86. The van der Waals surface area contributed by atoms with Gasteiger partial charge in [-0.15, -0.1) is 11.3 Å². The Morgan fingerprint density at radius 2 is 1.80 bits per heavy atom. The van der Waals surface area contributed by atoms with Crippen LogP contribution in [-0.2, 0) is 46.2 Å². The van der Waals surface area contributed by atoms with Gasteiger partial charge in [-0.05, 0) is 107 Å². The minimum atomic E-state index is -2.82. The monoisotopic (exact) mass is 1070 g/mol. The van der Waals surface area contributed by atoms with Crippen LogP contribution in [0.1, 0.15) is 108 Å². The number of carbonyl (C=O) groups excluding carboxylic acids is 2. The van der Waals surface area contributed by atoms with Crippen LogP contribution in [0, 0.1) is 40.9 Å². The molecule has 7 aliphatic rings. The van der Waals surface area contributed by atoms with E-state index in [0.29, 0.717) is 50.1 Å². The number of hydrogen-bond acceptors (Lipinski definition) is 13. The lowest BCUT2D eigenvalue weighted by molar-refractivity contribution is -0.168. The van der Waals surface area contributed by atoms with Gasteiger partial charge in [-0.25, -0.2) is 19.2 Å². The standard InChI is InChI=1S/C58H78F2N8O7S/c1-33(66-18-16-65(8)17-19-66)10-11-38-24-44(51(61-29-38)36(4)71-9)53-45-28-58(6,7)32-75-37(5)50-40-25-41(26-40)68(64-50)57(70)52(63-55(69)49-34(2)35(49)3)54(74-30-48(59)60)56-62-46(31-76-56)39-12-13-47(43(45)27-39)67(53)20-23-73-42-14-21-72-22-15-42/h12-13,24,27,29,31,33-37,40-42,48-50,52,54,64H,14-23,25-26,28,30,32H2,1-9H3,(H,63,69)/t33-,34-,35+,36+,37?,40?,41?,49?,50-,52+,54?/m1/s1. The van der Waals surface area contributed by atoms with Crippen LogP contribution in [0.5, 0.6) is 0 Å². The van der Waals surface area contributed by atoms with Crippen LogP contribution in [0.3, 0.4) is 0 Å². The van der Waals surface area contributed by atoms with E-state index in [2.05, 4.69) is 89.9 Å². The fraction of sp³-hybridized carbons (Fsp3) is 0.655. The normalized spacial score (nSPS) is 29.1. The number of likely N-dealkylation sites (N-methyl/N-ethyl adjacent to an activating group) is 1. The highest BCUT2D eigenvalue weighted by atomic mass is 32.1. The molecule has 9 atom stereocenters. The first-order valence-electron chi connectivity index (χ1n) is 27.7. The summed E-state index contributed by atoms with van der Waals surface area (Å²) in [5.41, 5.74) is 10.1. The van der Waals surface area contributed by atoms with Crippen molar-refractivity contribution < 1.29 is 42.1 Å². The maximum atomic E-state index is 15.1. The molecule has 412 valence electrons. The summed E-state index contributed by atoms with van der Waals surface area (Å²) in [5.74, 6) is 6.54. The Morgan fingerprint density at radius 1 is 1.05 bits per heavy atom. The van der Waals surface area contributed by atoms with Crippen molar-refractivity contribution in [1.29, 1.82) is 0 Å². The van der Waals surface area contributed by atoms with Gasteiger partial charge in [-0.1, -0.05) is 45.6 Å². The van der Waals surface area contributed by atoms with Crippen LogP contribution in [0.15, 0.2) is 35.8 Å². The lowest BCUT2D eigenvalue weighted by Gasteiger charge is -2.55. The van der Waals surface area contributed by atoms with Gasteiger partial charge in [0.1, 0.15) is 23.8 Å². The smallest absolute Gasteiger partial charge is 0.262 e. The number of methoxy groups -OCH3 is 1. The van der Waals surface area contributed by atoms with E-state index in [1.54, 1.807) is 12.1 Å². The third-order valence-electron chi connectivity index (χ3n) is 17.3. The molecule has 11 rings (SSSR count). The van der Waals surface area contributed by atoms with Gasteiger partial charge in [-0.2, -0.15) is 0 Å².